The van der Waals surface area contributed by atoms with Crippen molar-refractivity contribution >= 4 is 44.0 Å². The highest BCUT2D eigenvalue weighted by atomic mass is 32.2. The second-order valence-corrected chi connectivity index (χ2v) is 9.32. The minimum absolute atomic E-state index is 0.0381. The van der Waals surface area contributed by atoms with Gasteiger partial charge in [-0.1, -0.05) is 0 Å². The molecule has 4 rings (SSSR count). The lowest BCUT2D eigenvalue weighted by molar-refractivity contribution is -0.387. The molecule has 0 aliphatic heterocycles. The zero-order valence-corrected chi connectivity index (χ0v) is 19.1. The highest BCUT2D eigenvalue weighted by Gasteiger charge is 2.26. The van der Waals surface area contributed by atoms with Crippen molar-refractivity contribution in [2.45, 2.75) is 0 Å². The first-order valence-corrected chi connectivity index (χ1v) is 11.8. The predicted molar refractivity (Wildman–Crippen MR) is 125 cm³/mol. The molecule has 1 amide bonds. The van der Waals surface area contributed by atoms with E-state index in [1.165, 1.54) is 49.5 Å². The normalized spacial score (nSPS) is 11.4. The molecule has 0 bridgehead atoms. The Kier molecular flexibility index (Phi) is 5.99. The third kappa shape index (κ3) is 4.43. The molecule has 0 fully saturated rings. The molecule has 4 aromatic rings. The second kappa shape index (κ2) is 8.80. The van der Waals surface area contributed by atoms with Crippen molar-refractivity contribution in [2.75, 3.05) is 17.6 Å². The number of rotatable bonds is 6. The highest BCUT2D eigenvalue weighted by molar-refractivity contribution is 7.92. The number of amides is 1. The van der Waals surface area contributed by atoms with Crippen LogP contribution in [0.5, 0.6) is 0 Å². The lowest BCUT2D eigenvalue weighted by Gasteiger charge is -2.22. The summed E-state index contributed by atoms with van der Waals surface area (Å²) in [6.45, 7) is 0. The SMILES string of the molecule is CNC(=O)c1c(-c2ccc(F)cc2)oc2cc(N(c3ccc([N+](=O)[O-])c(F)c3)S(C)(=O)=O)ccc12. The first kappa shape index (κ1) is 23.8. The number of halogens is 2. The third-order valence-corrected chi connectivity index (χ3v) is 6.25. The summed E-state index contributed by atoms with van der Waals surface area (Å²) in [7, 11) is -2.61. The Morgan fingerprint density at radius 3 is 2.23 bits per heavy atom. The Bertz CT molecular complexity index is 1580. The highest BCUT2D eigenvalue weighted by Crippen LogP contribution is 2.38. The fourth-order valence-electron chi connectivity index (χ4n) is 3.67. The molecule has 0 saturated heterocycles. The number of nitrogens with zero attached hydrogens (tertiary/aromatic N) is 2. The zero-order chi connectivity index (χ0) is 25.5. The zero-order valence-electron chi connectivity index (χ0n) is 18.3. The largest absolute Gasteiger partial charge is 0.455 e. The number of hydrogen-bond acceptors (Lipinski definition) is 6. The summed E-state index contributed by atoms with van der Waals surface area (Å²) >= 11 is 0. The van der Waals surface area contributed by atoms with E-state index in [1.54, 1.807) is 0 Å². The third-order valence-electron chi connectivity index (χ3n) is 5.16. The van der Waals surface area contributed by atoms with E-state index in [0.717, 1.165) is 28.8 Å². The van der Waals surface area contributed by atoms with Crippen molar-refractivity contribution in [3.63, 3.8) is 0 Å². The summed E-state index contributed by atoms with van der Waals surface area (Å²) in [5, 5.41) is 13.8. The molecule has 35 heavy (non-hydrogen) atoms. The van der Waals surface area contributed by atoms with Gasteiger partial charge in [0.15, 0.2) is 0 Å². The lowest BCUT2D eigenvalue weighted by atomic mass is 10.0. The molecule has 0 saturated carbocycles. The Morgan fingerprint density at radius 2 is 1.66 bits per heavy atom. The minimum atomic E-state index is -4.04. The van der Waals surface area contributed by atoms with E-state index in [1.807, 2.05) is 0 Å². The van der Waals surface area contributed by atoms with Crippen molar-refractivity contribution in [1.82, 2.24) is 5.32 Å². The van der Waals surface area contributed by atoms with Crippen LogP contribution in [0.3, 0.4) is 0 Å². The molecule has 3 aromatic carbocycles. The smallest absolute Gasteiger partial charge is 0.304 e. The summed E-state index contributed by atoms with van der Waals surface area (Å²) in [5.74, 6) is -2.02. The van der Waals surface area contributed by atoms with Crippen molar-refractivity contribution in [3.8, 4) is 11.3 Å². The fraction of sp³-hybridized carbons (Fsp3) is 0.0870. The maximum Gasteiger partial charge on any atom is 0.304 e. The molecule has 1 aromatic heterocycles. The van der Waals surface area contributed by atoms with Gasteiger partial charge in [0.2, 0.25) is 15.8 Å². The number of nitrogens with one attached hydrogen (secondary N) is 1. The van der Waals surface area contributed by atoms with Crippen molar-refractivity contribution in [2.24, 2.45) is 0 Å². The Balaban J connectivity index is 1.91. The van der Waals surface area contributed by atoms with Gasteiger partial charge in [0, 0.05) is 36.2 Å². The van der Waals surface area contributed by atoms with E-state index < -0.39 is 38.2 Å². The molecule has 0 radical (unpaired) electrons. The fourth-order valence-corrected chi connectivity index (χ4v) is 4.66. The van der Waals surface area contributed by atoms with Crippen molar-refractivity contribution in [3.05, 3.63) is 88.0 Å². The Morgan fingerprint density at radius 1 is 1.03 bits per heavy atom. The van der Waals surface area contributed by atoms with Crippen LogP contribution in [0.25, 0.3) is 22.3 Å². The Labute approximate surface area is 197 Å². The van der Waals surface area contributed by atoms with Gasteiger partial charge in [-0.05, 0) is 42.5 Å². The van der Waals surface area contributed by atoms with Gasteiger partial charge >= 0.3 is 5.69 Å². The molecule has 0 unspecified atom stereocenters. The maximum absolute atomic E-state index is 14.3. The van der Waals surface area contributed by atoms with Crippen LogP contribution in [-0.2, 0) is 10.0 Å². The Hall–Kier alpha value is -4.32. The predicted octanol–water partition coefficient (Wildman–Crippen LogP) is 4.74. The number of benzene rings is 3. The summed E-state index contributed by atoms with van der Waals surface area (Å²) in [6.07, 6.45) is 0.887. The molecule has 0 atom stereocenters. The number of sulfonamides is 1. The average molecular weight is 501 g/mol. The number of hydrogen-bond donors (Lipinski definition) is 1. The summed E-state index contributed by atoms with van der Waals surface area (Å²) < 4.78 is 59.6. The van der Waals surface area contributed by atoms with Crippen LogP contribution in [0.4, 0.5) is 25.8 Å². The van der Waals surface area contributed by atoms with E-state index in [-0.39, 0.29) is 28.3 Å². The van der Waals surface area contributed by atoms with Crippen LogP contribution < -0.4 is 9.62 Å². The monoisotopic (exact) mass is 501 g/mol. The van der Waals surface area contributed by atoms with Gasteiger partial charge in [0.1, 0.15) is 17.2 Å². The molecule has 0 spiro atoms. The van der Waals surface area contributed by atoms with Crippen LogP contribution >= 0.6 is 0 Å². The van der Waals surface area contributed by atoms with E-state index in [9.17, 15) is 32.1 Å². The molecular formula is C23H17F2N3O6S. The topological polar surface area (TPSA) is 123 Å². The minimum Gasteiger partial charge on any atom is -0.455 e. The average Bonchev–Trinajstić information content (AvgIpc) is 3.17. The van der Waals surface area contributed by atoms with Crippen LogP contribution in [0, 0.1) is 21.7 Å². The van der Waals surface area contributed by atoms with Gasteiger partial charge in [0.25, 0.3) is 5.91 Å². The number of fused-ring (bicyclic) bond motifs is 1. The van der Waals surface area contributed by atoms with Gasteiger partial charge in [0.05, 0.1) is 28.1 Å². The number of furan rings is 1. The molecular weight excluding hydrogens is 484 g/mol. The lowest BCUT2D eigenvalue weighted by Crippen LogP contribution is -2.24. The van der Waals surface area contributed by atoms with Gasteiger partial charge in [-0.2, -0.15) is 4.39 Å². The van der Waals surface area contributed by atoms with Crippen LogP contribution in [0.1, 0.15) is 10.4 Å². The van der Waals surface area contributed by atoms with Crippen molar-refractivity contribution in [1.29, 1.82) is 0 Å². The molecule has 1 N–H and O–H groups in total. The summed E-state index contributed by atoms with van der Waals surface area (Å²) in [4.78, 5) is 22.6. The number of anilines is 2. The quantitative estimate of drug-likeness (QED) is 0.301. The van der Waals surface area contributed by atoms with Crippen LogP contribution in [0.15, 0.2) is 65.1 Å². The van der Waals surface area contributed by atoms with Crippen molar-refractivity contribution < 1.29 is 31.3 Å². The van der Waals surface area contributed by atoms with E-state index >= 15 is 0 Å². The number of nitro benzene ring substituents is 1. The van der Waals surface area contributed by atoms with E-state index in [2.05, 4.69) is 5.32 Å². The maximum atomic E-state index is 14.3. The van der Waals surface area contributed by atoms with Crippen LogP contribution in [0.2, 0.25) is 0 Å². The van der Waals surface area contributed by atoms with Gasteiger partial charge < -0.3 is 9.73 Å². The van der Waals surface area contributed by atoms with E-state index in [0.29, 0.717) is 10.9 Å². The first-order chi connectivity index (χ1) is 16.5. The molecule has 9 nitrogen and oxygen atoms in total. The summed E-state index contributed by atoms with van der Waals surface area (Å²) in [5.41, 5.74) is -0.227. The first-order valence-electron chi connectivity index (χ1n) is 10.00. The summed E-state index contributed by atoms with van der Waals surface area (Å²) in [6, 6.07) is 12.2. The number of carbonyl (C=O) groups is 1. The van der Waals surface area contributed by atoms with Gasteiger partial charge in [-0.25, -0.2) is 17.1 Å². The van der Waals surface area contributed by atoms with Gasteiger partial charge in [-0.3, -0.25) is 14.9 Å². The van der Waals surface area contributed by atoms with Crippen LogP contribution in [-0.4, -0.2) is 32.6 Å². The van der Waals surface area contributed by atoms with E-state index in [4.69, 9.17) is 4.42 Å². The number of nitro groups is 1. The molecule has 1 heterocycles. The molecule has 180 valence electrons. The molecule has 12 heteroatoms. The molecule has 0 aliphatic carbocycles. The molecule has 0 aliphatic rings. The second-order valence-electron chi connectivity index (χ2n) is 7.49. The number of carbonyl (C=O) groups excluding carboxylic acids is 1. The standard InChI is InChI=1S/C23H17F2N3O6S/c1-26-23(29)21-17-9-7-16(12-20(17)34-22(21)13-3-5-14(24)6-4-13)27(35(2,32)33)15-8-10-19(28(30)31)18(25)11-15/h3-12H,1-2H3,(H,26,29). The van der Waals surface area contributed by atoms with Gasteiger partial charge in [-0.15, -0.1) is 0 Å².